The smallest absolute Gasteiger partial charge is 0.352 e. The number of nitrogen functional groups attached to an aromatic ring is 1. The molecule has 0 bridgehead atoms. The highest BCUT2D eigenvalue weighted by Gasteiger charge is 2.55. The normalized spacial score (nSPS) is 19.3. The van der Waals surface area contributed by atoms with Crippen LogP contribution >= 0.6 is 34.4 Å². The summed E-state index contributed by atoms with van der Waals surface area (Å²) in [6.45, 7) is 2.75. The molecule has 0 saturated carbocycles. The minimum absolute atomic E-state index is 0.0311. The van der Waals surface area contributed by atoms with Crippen LogP contribution in [-0.2, 0) is 30.6 Å². The number of carboxylic acids is 2. The molecule has 17 heteroatoms. The monoisotopic (exact) mass is 604 g/mol. The summed E-state index contributed by atoms with van der Waals surface area (Å²) in [6, 6.07) is 0.838. The Hall–Kier alpha value is -4.09. The van der Waals surface area contributed by atoms with Crippen molar-refractivity contribution < 1.29 is 38.8 Å². The van der Waals surface area contributed by atoms with Crippen molar-refractivity contribution in [1.29, 1.82) is 0 Å². The van der Waals surface area contributed by atoms with E-state index < -0.39 is 40.8 Å². The van der Waals surface area contributed by atoms with Gasteiger partial charge in [-0.15, -0.1) is 34.4 Å². The number of carbonyl (C=O) groups excluding carboxylic acids is 2. The zero-order chi connectivity index (χ0) is 28.8. The standard InChI is InChI=1S/C23H21N7O7S3/c1-23(2,21(35)36)37-28-14(12-8-39-22(24)26-12)17(31)27-15-18(32)30-16(20(33)34)10(7-38-19(15)30)5-29-4-3-13-11(6-29)25-9-40-13/h3-4,6,8-9,15,19H,5,7H2,1-2H3,(H4-,24,26,27,31,33,34,35,36)/p+1/b28-14-/t15?,19-/m1/s1. The van der Waals surface area contributed by atoms with E-state index in [2.05, 4.69) is 20.4 Å². The van der Waals surface area contributed by atoms with E-state index in [1.54, 1.807) is 5.51 Å². The lowest BCUT2D eigenvalue weighted by atomic mass is 10.0. The number of carboxylic acid groups (broad SMARTS) is 2. The Labute approximate surface area is 238 Å². The van der Waals surface area contributed by atoms with Crippen LogP contribution in [0, 0.1) is 0 Å². The number of aromatic nitrogens is 3. The van der Waals surface area contributed by atoms with Crippen LogP contribution in [-0.4, -0.2) is 77.3 Å². The van der Waals surface area contributed by atoms with Gasteiger partial charge in [0, 0.05) is 22.8 Å². The second-order valence-corrected chi connectivity index (χ2v) is 12.1. The molecule has 0 spiro atoms. The quantitative estimate of drug-likeness (QED) is 0.116. The first kappa shape index (κ1) is 27.5. The molecule has 2 aliphatic heterocycles. The van der Waals surface area contributed by atoms with Crippen LogP contribution in [0.4, 0.5) is 5.13 Å². The van der Waals surface area contributed by atoms with Crippen LogP contribution in [0.2, 0.25) is 0 Å². The number of β-lactam (4-membered cyclic amide) rings is 1. The molecule has 40 heavy (non-hydrogen) atoms. The SMILES string of the molecule is CC(C)(O/N=C(\C(=O)NC1C(=O)N2C(C(=O)O)=C(C[n+]3ccc4scnc4c3)CS[C@H]12)c1csc(N)n1)C(=O)O. The van der Waals surface area contributed by atoms with Crippen molar-refractivity contribution in [1.82, 2.24) is 20.2 Å². The summed E-state index contributed by atoms with van der Waals surface area (Å²) in [6.07, 6.45) is 3.64. The van der Waals surface area contributed by atoms with Crippen LogP contribution in [0.5, 0.6) is 0 Å². The minimum Gasteiger partial charge on any atom is -0.478 e. The van der Waals surface area contributed by atoms with Gasteiger partial charge in [-0.25, -0.2) is 19.6 Å². The van der Waals surface area contributed by atoms with Crippen molar-refractivity contribution in [3.05, 3.63) is 46.3 Å². The molecule has 5 rings (SSSR count). The van der Waals surface area contributed by atoms with Gasteiger partial charge in [-0.05, 0) is 13.8 Å². The maximum Gasteiger partial charge on any atom is 0.352 e. The molecule has 0 aromatic carbocycles. The summed E-state index contributed by atoms with van der Waals surface area (Å²) >= 11 is 3.84. The largest absolute Gasteiger partial charge is 0.478 e. The molecule has 1 unspecified atom stereocenters. The molecule has 5 N–H and O–H groups in total. The predicted octanol–water partition coefficient (Wildman–Crippen LogP) is 0.645. The molecule has 3 aromatic rings. The number of nitrogens with zero attached hydrogens (tertiary/aromatic N) is 5. The van der Waals surface area contributed by atoms with Crippen molar-refractivity contribution in [2.75, 3.05) is 11.5 Å². The first-order valence-electron chi connectivity index (χ1n) is 11.6. The molecule has 0 aliphatic carbocycles. The number of aliphatic carboxylic acids is 2. The molecule has 5 heterocycles. The lowest BCUT2D eigenvalue weighted by Crippen LogP contribution is -2.71. The number of thioether (sulfide) groups is 1. The van der Waals surface area contributed by atoms with E-state index in [-0.39, 0.29) is 28.8 Å². The maximum atomic E-state index is 13.2. The molecule has 2 amide bonds. The summed E-state index contributed by atoms with van der Waals surface area (Å²) in [5.41, 5.74) is 6.50. The van der Waals surface area contributed by atoms with Gasteiger partial charge in [-0.3, -0.25) is 14.5 Å². The fraction of sp³-hybridized carbons (Fsp3) is 0.304. The lowest BCUT2D eigenvalue weighted by molar-refractivity contribution is -0.687. The highest BCUT2D eigenvalue weighted by molar-refractivity contribution is 8.00. The van der Waals surface area contributed by atoms with Crippen LogP contribution in [0.3, 0.4) is 0 Å². The third kappa shape index (κ3) is 5.09. The topological polar surface area (TPSA) is 201 Å². The van der Waals surface area contributed by atoms with Gasteiger partial charge in [0.05, 0.1) is 10.2 Å². The first-order valence-corrected chi connectivity index (χ1v) is 14.4. The van der Waals surface area contributed by atoms with E-state index >= 15 is 0 Å². The van der Waals surface area contributed by atoms with E-state index in [1.165, 1.54) is 47.2 Å². The van der Waals surface area contributed by atoms with Crippen molar-refractivity contribution in [3.63, 3.8) is 0 Å². The number of amides is 2. The van der Waals surface area contributed by atoms with Gasteiger partial charge < -0.3 is 26.1 Å². The number of hydrogen-bond acceptors (Lipinski definition) is 12. The van der Waals surface area contributed by atoms with Crippen LogP contribution in [0.25, 0.3) is 10.2 Å². The number of oxime groups is 1. The van der Waals surface area contributed by atoms with Crippen molar-refractivity contribution >= 4 is 79.2 Å². The minimum atomic E-state index is -1.75. The predicted molar refractivity (Wildman–Crippen MR) is 145 cm³/mol. The third-order valence-corrected chi connectivity index (χ3v) is 8.92. The maximum absolute atomic E-state index is 13.2. The van der Waals surface area contributed by atoms with Gasteiger partial charge in [0.25, 0.3) is 11.8 Å². The Kier molecular flexibility index (Phi) is 7.19. The van der Waals surface area contributed by atoms with Crippen LogP contribution in [0.15, 0.2) is 45.8 Å². The summed E-state index contributed by atoms with van der Waals surface area (Å²) in [5, 5.41) is 26.5. The summed E-state index contributed by atoms with van der Waals surface area (Å²) in [5.74, 6) is -3.72. The average Bonchev–Trinajstić information content (AvgIpc) is 3.55. The highest BCUT2D eigenvalue weighted by atomic mass is 32.2. The first-order chi connectivity index (χ1) is 19.0. The molecule has 2 atom stereocenters. The summed E-state index contributed by atoms with van der Waals surface area (Å²) in [7, 11) is 0. The highest BCUT2D eigenvalue weighted by Crippen LogP contribution is 2.40. The Morgan fingerprint density at radius 2 is 2.10 bits per heavy atom. The van der Waals surface area contributed by atoms with Gasteiger partial charge >= 0.3 is 11.9 Å². The number of carbonyl (C=O) groups is 4. The van der Waals surface area contributed by atoms with Crippen LogP contribution < -0.4 is 15.6 Å². The van der Waals surface area contributed by atoms with Crippen molar-refractivity contribution in [2.45, 2.75) is 37.4 Å². The van der Waals surface area contributed by atoms with E-state index in [9.17, 15) is 29.4 Å². The number of thiazole rings is 2. The molecule has 1 saturated heterocycles. The van der Waals surface area contributed by atoms with E-state index in [1.807, 2.05) is 23.0 Å². The number of pyridine rings is 1. The second kappa shape index (κ2) is 10.5. The van der Waals surface area contributed by atoms with Gasteiger partial charge in [-0.1, -0.05) is 5.16 Å². The third-order valence-electron chi connectivity index (χ3n) is 6.10. The number of hydrogen-bond donors (Lipinski definition) is 4. The van der Waals surface area contributed by atoms with Gasteiger partial charge in [0.15, 0.2) is 29.8 Å². The Balaban J connectivity index is 1.36. The average molecular weight is 605 g/mol. The van der Waals surface area contributed by atoms with Gasteiger partial charge in [0.2, 0.25) is 5.60 Å². The molecule has 1 fully saturated rings. The number of anilines is 1. The number of fused-ring (bicyclic) bond motifs is 2. The van der Waals surface area contributed by atoms with Crippen molar-refractivity contribution in [3.8, 4) is 0 Å². The Bertz CT molecular complexity index is 1610. The van der Waals surface area contributed by atoms with E-state index in [0.717, 1.165) is 21.6 Å². The Morgan fingerprint density at radius 1 is 1.32 bits per heavy atom. The number of nitrogens with one attached hydrogen (secondary N) is 1. The lowest BCUT2D eigenvalue weighted by Gasteiger charge is -2.49. The molecule has 0 radical (unpaired) electrons. The summed E-state index contributed by atoms with van der Waals surface area (Å²) < 4.78 is 2.81. The zero-order valence-corrected chi connectivity index (χ0v) is 23.4. The second-order valence-electron chi connectivity index (χ2n) is 9.25. The molecule has 14 nitrogen and oxygen atoms in total. The molecular weight excluding hydrogens is 582 g/mol. The molecular formula is C23H22N7O7S3+. The fourth-order valence-electron chi connectivity index (χ4n) is 3.98. The molecule has 208 valence electrons. The number of rotatable bonds is 9. The van der Waals surface area contributed by atoms with E-state index in [4.69, 9.17) is 10.6 Å². The Morgan fingerprint density at radius 3 is 2.77 bits per heavy atom. The van der Waals surface area contributed by atoms with Gasteiger partial charge in [0.1, 0.15) is 28.3 Å². The zero-order valence-electron chi connectivity index (χ0n) is 20.9. The molecule has 3 aromatic heterocycles. The van der Waals surface area contributed by atoms with Crippen molar-refractivity contribution in [2.24, 2.45) is 5.16 Å². The fourth-order valence-corrected chi connectivity index (χ4v) is 6.51. The molecule has 2 aliphatic rings. The van der Waals surface area contributed by atoms with Gasteiger partial charge in [-0.2, -0.15) is 4.57 Å². The van der Waals surface area contributed by atoms with Crippen LogP contribution in [0.1, 0.15) is 19.5 Å². The number of nitrogens with two attached hydrogens (primary N) is 1. The summed E-state index contributed by atoms with van der Waals surface area (Å²) in [4.78, 5) is 64.6. The van der Waals surface area contributed by atoms with E-state index in [0.29, 0.717) is 11.3 Å².